The minimum atomic E-state index is -4.07. The number of benzene rings is 1. The molecule has 0 saturated carbocycles. The van der Waals surface area contributed by atoms with Gasteiger partial charge in [0.1, 0.15) is 0 Å². The zero-order chi connectivity index (χ0) is 17.3. The first-order chi connectivity index (χ1) is 10.9. The van der Waals surface area contributed by atoms with E-state index in [4.69, 9.17) is 0 Å². The molecule has 1 aromatic carbocycles. The number of aliphatic imine (C=N–C) groups is 1. The third-order valence-corrected chi connectivity index (χ3v) is 4.11. The van der Waals surface area contributed by atoms with Crippen LogP contribution in [0.15, 0.2) is 28.1 Å². The van der Waals surface area contributed by atoms with Crippen molar-refractivity contribution < 1.29 is 13.2 Å². The van der Waals surface area contributed by atoms with E-state index in [1.54, 1.807) is 18.8 Å². The van der Waals surface area contributed by atoms with Crippen molar-refractivity contribution in [1.29, 1.82) is 0 Å². The zero-order valence-electron chi connectivity index (χ0n) is 13.8. The van der Waals surface area contributed by atoms with Gasteiger partial charge < -0.3 is 10.6 Å². The number of rotatable bonds is 7. The van der Waals surface area contributed by atoms with Crippen molar-refractivity contribution in [2.45, 2.75) is 43.8 Å². The molecule has 0 unspecified atom stereocenters. The number of unbranched alkanes of at least 4 members (excludes halogenated alkanes) is 1. The monoisotopic (exact) mass is 347 g/mol. The molecular weight excluding hydrogens is 323 g/mol. The highest BCUT2D eigenvalue weighted by Crippen LogP contribution is 2.22. The van der Waals surface area contributed by atoms with E-state index in [1.165, 1.54) is 16.0 Å². The van der Waals surface area contributed by atoms with E-state index in [-0.39, 0.29) is 6.42 Å². The van der Waals surface area contributed by atoms with Crippen LogP contribution in [0.3, 0.4) is 0 Å². The summed E-state index contributed by atoms with van der Waals surface area (Å²) < 4.78 is 36.2. The van der Waals surface area contributed by atoms with E-state index in [9.17, 15) is 13.2 Å². The van der Waals surface area contributed by atoms with Gasteiger partial charge >= 0.3 is 6.18 Å². The Balaban J connectivity index is 2.37. The number of nitrogens with zero attached hydrogens (tertiary/aromatic N) is 1. The summed E-state index contributed by atoms with van der Waals surface area (Å²) in [7, 11) is 1.65. The van der Waals surface area contributed by atoms with Crippen LogP contribution in [0.4, 0.5) is 13.2 Å². The van der Waals surface area contributed by atoms with Gasteiger partial charge in [-0.2, -0.15) is 13.2 Å². The number of aryl methyl sites for hydroxylation is 1. The molecule has 0 fully saturated rings. The molecule has 0 aliphatic rings. The van der Waals surface area contributed by atoms with E-state index in [1.807, 2.05) is 6.26 Å². The third kappa shape index (κ3) is 8.16. The van der Waals surface area contributed by atoms with Crippen LogP contribution in [0, 0.1) is 6.92 Å². The second kappa shape index (κ2) is 9.70. The van der Waals surface area contributed by atoms with Crippen molar-refractivity contribution in [2.24, 2.45) is 4.99 Å². The Labute approximate surface area is 140 Å². The van der Waals surface area contributed by atoms with Crippen LogP contribution >= 0.6 is 11.8 Å². The lowest BCUT2D eigenvalue weighted by Gasteiger charge is -2.14. The first-order valence-electron chi connectivity index (χ1n) is 7.50. The minimum Gasteiger partial charge on any atom is -0.356 e. The molecule has 0 aromatic heterocycles. The van der Waals surface area contributed by atoms with Gasteiger partial charge in [-0.05, 0) is 43.2 Å². The topological polar surface area (TPSA) is 36.4 Å². The Morgan fingerprint density at radius 3 is 2.57 bits per heavy atom. The highest BCUT2D eigenvalue weighted by Gasteiger charge is 2.25. The highest BCUT2D eigenvalue weighted by atomic mass is 32.2. The van der Waals surface area contributed by atoms with Crippen LogP contribution in [0.2, 0.25) is 0 Å². The van der Waals surface area contributed by atoms with Gasteiger partial charge in [-0.1, -0.05) is 12.1 Å². The fourth-order valence-corrected chi connectivity index (χ4v) is 2.76. The number of halogens is 3. The van der Waals surface area contributed by atoms with Crippen molar-refractivity contribution in [3.05, 3.63) is 29.3 Å². The van der Waals surface area contributed by atoms with E-state index < -0.39 is 12.6 Å². The van der Waals surface area contributed by atoms with Crippen LogP contribution in [-0.2, 0) is 6.54 Å². The van der Waals surface area contributed by atoms with Gasteiger partial charge in [-0.3, -0.25) is 4.99 Å². The molecule has 0 amide bonds. The third-order valence-electron chi connectivity index (χ3n) is 3.29. The zero-order valence-corrected chi connectivity index (χ0v) is 14.6. The van der Waals surface area contributed by atoms with Gasteiger partial charge in [-0.15, -0.1) is 11.8 Å². The van der Waals surface area contributed by atoms with Gasteiger partial charge in [0.05, 0.1) is 0 Å². The molecule has 0 aliphatic carbocycles. The molecule has 130 valence electrons. The fraction of sp³-hybridized carbons (Fsp3) is 0.562. The molecule has 7 heteroatoms. The van der Waals surface area contributed by atoms with Crippen LogP contribution in [0.25, 0.3) is 0 Å². The standard InChI is InChI=1S/C16H24F3N3S/c1-12-6-7-13(14(10-12)23-3)11-22-15(20-2)21-9-5-4-8-16(17,18)19/h6-7,10H,4-5,8-9,11H2,1-3H3,(H2,20,21,22). The molecule has 1 aromatic rings. The fourth-order valence-electron chi connectivity index (χ4n) is 2.05. The molecule has 3 nitrogen and oxygen atoms in total. The molecule has 0 radical (unpaired) electrons. The second-order valence-corrected chi connectivity index (χ2v) is 6.09. The first-order valence-corrected chi connectivity index (χ1v) is 8.73. The molecule has 2 N–H and O–H groups in total. The summed E-state index contributed by atoms with van der Waals surface area (Å²) >= 11 is 1.69. The summed E-state index contributed by atoms with van der Waals surface area (Å²) in [6.45, 7) is 3.15. The predicted molar refractivity (Wildman–Crippen MR) is 91.1 cm³/mol. The van der Waals surface area contributed by atoms with E-state index in [0.717, 1.165) is 0 Å². The second-order valence-electron chi connectivity index (χ2n) is 5.24. The molecule has 23 heavy (non-hydrogen) atoms. The van der Waals surface area contributed by atoms with Crippen molar-refractivity contribution in [3.8, 4) is 0 Å². The van der Waals surface area contributed by atoms with Crippen molar-refractivity contribution >= 4 is 17.7 Å². The molecule has 0 saturated heterocycles. The van der Waals surface area contributed by atoms with Crippen LogP contribution < -0.4 is 10.6 Å². The summed E-state index contributed by atoms with van der Waals surface area (Å²) in [5, 5.41) is 6.23. The normalized spacial score (nSPS) is 12.3. The summed E-state index contributed by atoms with van der Waals surface area (Å²) in [6.07, 6.45) is -2.18. The lowest BCUT2D eigenvalue weighted by molar-refractivity contribution is -0.135. The number of alkyl halides is 3. The molecule has 0 heterocycles. The quantitative estimate of drug-likeness (QED) is 0.337. The molecule has 0 atom stereocenters. The SMILES string of the molecule is CN=C(NCCCCC(F)(F)F)NCc1ccc(C)cc1SC. The van der Waals surface area contributed by atoms with Crippen molar-refractivity contribution in [2.75, 3.05) is 19.8 Å². The van der Waals surface area contributed by atoms with Crippen molar-refractivity contribution in [3.63, 3.8) is 0 Å². The molecule has 0 bridgehead atoms. The van der Waals surface area contributed by atoms with Gasteiger partial charge in [0.15, 0.2) is 5.96 Å². The van der Waals surface area contributed by atoms with E-state index >= 15 is 0 Å². The Bertz CT molecular complexity index is 516. The Kier molecular flexibility index (Phi) is 8.30. The lowest BCUT2D eigenvalue weighted by Crippen LogP contribution is -2.37. The van der Waals surface area contributed by atoms with Gasteiger partial charge in [-0.25, -0.2) is 0 Å². The lowest BCUT2D eigenvalue weighted by atomic mass is 10.1. The summed E-state index contributed by atoms with van der Waals surface area (Å²) in [5.74, 6) is 0.602. The van der Waals surface area contributed by atoms with Crippen LogP contribution in [0.5, 0.6) is 0 Å². The average molecular weight is 347 g/mol. The summed E-state index contributed by atoms with van der Waals surface area (Å²) in [6, 6.07) is 6.27. The van der Waals surface area contributed by atoms with Gasteiger partial charge in [0.2, 0.25) is 0 Å². The Morgan fingerprint density at radius 1 is 1.22 bits per heavy atom. The number of hydrogen-bond donors (Lipinski definition) is 2. The van der Waals surface area contributed by atoms with E-state index in [2.05, 4.69) is 40.7 Å². The van der Waals surface area contributed by atoms with Crippen molar-refractivity contribution in [1.82, 2.24) is 10.6 Å². The van der Waals surface area contributed by atoms with Crippen LogP contribution in [-0.4, -0.2) is 32.0 Å². The molecular formula is C16H24F3N3S. The van der Waals surface area contributed by atoms with Gasteiger partial charge in [0.25, 0.3) is 0 Å². The summed E-state index contributed by atoms with van der Waals surface area (Å²) in [4.78, 5) is 5.29. The predicted octanol–water partition coefficient (Wildman–Crippen LogP) is 4.11. The molecule has 1 rings (SSSR count). The largest absolute Gasteiger partial charge is 0.389 e. The number of nitrogens with one attached hydrogen (secondary N) is 2. The molecule has 0 aliphatic heterocycles. The van der Waals surface area contributed by atoms with E-state index in [0.29, 0.717) is 25.5 Å². The molecule has 0 spiro atoms. The smallest absolute Gasteiger partial charge is 0.356 e. The first kappa shape index (κ1) is 19.7. The maximum absolute atomic E-state index is 12.1. The number of hydrogen-bond acceptors (Lipinski definition) is 2. The maximum atomic E-state index is 12.1. The summed E-state index contributed by atoms with van der Waals surface area (Å²) in [5.41, 5.74) is 2.38. The van der Waals surface area contributed by atoms with Gasteiger partial charge in [0, 0.05) is 31.5 Å². The highest BCUT2D eigenvalue weighted by molar-refractivity contribution is 7.98. The Morgan fingerprint density at radius 2 is 1.96 bits per heavy atom. The maximum Gasteiger partial charge on any atom is 0.389 e. The average Bonchev–Trinajstić information content (AvgIpc) is 2.49. The van der Waals surface area contributed by atoms with Crippen LogP contribution in [0.1, 0.15) is 30.4 Å². The minimum absolute atomic E-state index is 0.127. The number of guanidine groups is 1. The Hall–Kier alpha value is -1.37. The number of thioether (sulfide) groups is 1.